The molecule has 2 aromatic rings. The molecule has 0 bridgehead atoms. The number of guanidine groups is 1. The van der Waals surface area contributed by atoms with Gasteiger partial charge in [0.15, 0.2) is 5.96 Å². The lowest BCUT2D eigenvalue weighted by molar-refractivity contribution is -0.120. The Hall–Kier alpha value is -2.89. The van der Waals surface area contributed by atoms with E-state index in [0.717, 1.165) is 18.1 Å². The molecule has 0 atom stereocenters. The zero-order chi connectivity index (χ0) is 20.4. The number of aliphatic imine (C=N–C) groups is 1. The number of aryl methyl sites for hydroxylation is 2. The van der Waals surface area contributed by atoms with Crippen LogP contribution in [0.5, 0.6) is 0 Å². The number of nitrogens with zero attached hydrogens (tertiary/aromatic N) is 1. The molecule has 28 heavy (non-hydrogen) atoms. The highest BCUT2D eigenvalue weighted by molar-refractivity contribution is 5.80. The molecule has 2 aromatic carbocycles. The van der Waals surface area contributed by atoms with E-state index in [1.807, 2.05) is 6.92 Å². The summed E-state index contributed by atoms with van der Waals surface area (Å²) in [5, 5.41) is 9.29. The van der Waals surface area contributed by atoms with E-state index >= 15 is 0 Å². The number of hydrogen-bond acceptors (Lipinski definition) is 2. The Kier molecular flexibility index (Phi) is 8.46. The lowest BCUT2D eigenvalue weighted by Gasteiger charge is -2.12. The van der Waals surface area contributed by atoms with Crippen molar-refractivity contribution >= 4 is 11.9 Å². The lowest BCUT2D eigenvalue weighted by Crippen LogP contribution is -2.41. The Bertz CT molecular complexity index is 803. The van der Waals surface area contributed by atoms with E-state index in [1.165, 1.54) is 28.8 Å². The van der Waals surface area contributed by atoms with Crippen molar-refractivity contribution in [1.29, 1.82) is 0 Å². The fourth-order valence-electron chi connectivity index (χ4n) is 2.76. The van der Waals surface area contributed by atoms with Crippen molar-refractivity contribution in [3.05, 3.63) is 70.5 Å². The van der Waals surface area contributed by atoms with Crippen molar-refractivity contribution in [2.75, 3.05) is 19.6 Å². The van der Waals surface area contributed by atoms with Gasteiger partial charge in [0, 0.05) is 19.6 Å². The maximum Gasteiger partial charge on any atom is 0.224 e. The Morgan fingerprint density at radius 2 is 1.71 bits per heavy atom. The third-order valence-corrected chi connectivity index (χ3v) is 4.27. The molecule has 0 spiro atoms. The number of benzene rings is 2. The lowest BCUT2D eigenvalue weighted by atomic mass is 10.1. The summed E-state index contributed by atoms with van der Waals surface area (Å²) in [5.74, 6) is 0.324. The van der Waals surface area contributed by atoms with Crippen LogP contribution in [-0.2, 0) is 17.8 Å². The number of hydrogen-bond donors (Lipinski definition) is 3. The van der Waals surface area contributed by atoms with E-state index in [0.29, 0.717) is 19.6 Å². The SMILES string of the molecule is CCNC(=NCc1ccc(C)cc1C)NCCNC(=O)Cc1ccc(F)cc1. The van der Waals surface area contributed by atoms with Crippen LogP contribution in [-0.4, -0.2) is 31.5 Å². The fourth-order valence-corrected chi connectivity index (χ4v) is 2.76. The average Bonchev–Trinajstić information content (AvgIpc) is 2.66. The van der Waals surface area contributed by atoms with Crippen molar-refractivity contribution in [1.82, 2.24) is 16.0 Å². The topological polar surface area (TPSA) is 65.5 Å². The van der Waals surface area contributed by atoms with Crippen molar-refractivity contribution in [2.45, 2.75) is 33.7 Å². The molecule has 0 saturated heterocycles. The largest absolute Gasteiger partial charge is 0.357 e. The number of carbonyl (C=O) groups excluding carboxylic acids is 1. The summed E-state index contributed by atoms with van der Waals surface area (Å²) in [6.45, 7) is 8.58. The van der Waals surface area contributed by atoms with Crippen LogP contribution in [0.3, 0.4) is 0 Å². The van der Waals surface area contributed by atoms with Crippen LogP contribution in [0.25, 0.3) is 0 Å². The molecule has 0 aromatic heterocycles. The molecule has 2 rings (SSSR count). The van der Waals surface area contributed by atoms with Gasteiger partial charge >= 0.3 is 0 Å². The highest BCUT2D eigenvalue weighted by Crippen LogP contribution is 2.11. The second-order valence-electron chi connectivity index (χ2n) is 6.71. The van der Waals surface area contributed by atoms with Crippen LogP contribution >= 0.6 is 0 Å². The first-order valence-corrected chi connectivity index (χ1v) is 9.57. The van der Waals surface area contributed by atoms with Gasteiger partial charge in [0.05, 0.1) is 13.0 Å². The first-order valence-electron chi connectivity index (χ1n) is 9.57. The normalized spacial score (nSPS) is 11.2. The zero-order valence-corrected chi connectivity index (χ0v) is 16.8. The fraction of sp³-hybridized carbons (Fsp3) is 0.364. The number of amides is 1. The average molecular weight is 384 g/mol. The first kappa shape index (κ1) is 21.4. The van der Waals surface area contributed by atoms with E-state index in [-0.39, 0.29) is 18.1 Å². The predicted molar refractivity (Wildman–Crippen MR) is 112 cm³/mol. The molecular formula is C22H29FN4O. The van der Waals surface area contributed by atoms with Crippen molar-refractivity contribution < 1.29 is 9.18 Å². The van der Waals surface area contributed by atoms with Gasteiger partial charge in [-0.25, -0.2) is 9.38 Å². The van der Waals surface area contributed by atoms with Gasteiger partial charge < -0.3 is 16.0 Å². The minimum Gasteiger partial charge on any atom is -0.357 e. The van der Waals surface area contributed by atoms with Gasteiger partial charge in [-0.15, -0.1) is 0 Å². The molecule has 1 amide bonds. The molecule has 0 radical (unpaired) electrons. The molecule has 150 valence electrons. The van der Waals surface area contributed by atoms with Gasteiger partial charge in [-0.3, -0.25) is 4.79 Å². The maximum atomic E-state index is 12.9. The quantitative estimate of drug-likeness (QED) is 0.373. The van der Waals surface area contributed by atoms with Crippen LogP contribution in [0.4, 0.5) is 4.39 Å². The Morgan fingerprint density at radius 3 is 2.39 bits per heavy atom. The highest BCUT2D eigenvalue weighted by atomic mass is 19.1. The van der Waals surface area contributed by atoms with Crippen LogP contribution < -0.4 is 16.0 Å². The molecular weight excluding hydrogens is 355 g/mol. The summed E-state index contributed by atoms with van der Waals surface area (Å²) in [7, 11) is 0. The molecule has 0 aliphatic carbocycles. The molecule has 0 fully saturated rings. The van der Waals surface area contributed by atoms with Crippen LogP contribution in [0, 0.1) is 19.7 Å². The monoisotopic (exact) mass is 384 g/mol. The standard InChI is InChI=1S/C22H29FN4O/c1-4-24-22(27-15-19-8-5-16(2)13-17(19)3)26-12-11-25-21(28)14-18-6-9-20(23)10-7-18/h5-10,13H,4,11-12,14-15H2,1-3H3,(H,25,28)(H2,24,26,27). The zero-order valence-electron chi connectivity index (χ0n) is 16.8. The summed E-state index contributed by atoms with van der Waals surface area (Å²) < 4.78 is 12.9. The minimum atomic E-state index is -0.301. The summed E-state index contributed by atoms with van der Waals surface area (Å²) in [4.78, 5) is 16.6. The van der Waals surface area contributed by atoms with Crippen LogP contribution in [0.2, 0.25) is 0 Å². The smallest absolute Gasteiger partial charge is 0.224 e. The van der Waals surface area contributed by atoms with Crippen LogP contribution in [0.1, 0.15) is 29.2 Å². The number of halogens is 1. The molecule has 0 aliphatic heterocycles. The van der Waals surface area contributed by atoms with Gasteiger partial charge in [-0.05, 0) is 49.6 Å². The second kappa shape index (κ2) is 11.1. The van der Waals surface area contributed by atoms with Gasteiger partial charge in [0.25, 0.3) is 0 Å². The molecule has 0 aliphatic rings. The number of nitrogens with one attached hydrogen (secondary N) is 3. The minimum absolute atomic E-state index is 0.0920. The molecule has 0 heterocycles. The molecule has 0 unspecified atom stereocenters. The Balaban J connectivity index is 1.77. The van der Waals surface area contributed by atoms with E-state index in [2.05, 4.69) is 53.0 Å². The maximum absolute atomic E-state index is 12.9. The van der Waals surface area contributed by atoms with Gasteiger partial charge in [0.1, 0.15) is 5.82 Å². The number of carbonyl (C=O) groups is 1. The molecule has 6 heteroatoms. The second-order valence-corrected chi connectivity index (χ2v) is 6.71. The van der Waals surface area contributed by atoms with Crippen molar-refractivity contribution in [3.8, 4) is 0 Å². The summed E-state index contributed by atoms with van der Waals surface area (Å²) >= 11 is 0. The third kappa shape index (κ3) is 7.39. The number of rotatable bonds is 8. The Morgan fingerprint density at radius 1 is 1.00 bits per heavy atom. The van der Waals surface area contributed by atoms with E-state index in [4.69, 9.17) is 0 Å². The summed E-state index contributed by atoms with van der Waals surface area (Å²) in [5.41, 5.74) is 4.45. The molecule has 0 saturated carbocycles. The van der Waals surface area contributed by atoms with Crippen molar-refractivity contribution in [2.24, 2.45) is 4.99 Å². The van der Waals surface area contributed by atoms with Gasteiger partial charge in [-0.2, -0.15) is 0 Å². The Labute approximate surface area is 166 Å². The van der Waals surface area contributed by atoms with E-state index < -0.39 is 0 Å². The highest BCUT2D eigenvalue weighted by Gasteiger charge is 2.04. The third-order valence-electron chi connectivity index (χ3n) is 4.27. The van der Waals surface area contributed by atoms with E-state index in [1.54, 1.807) is 12.1 Å². The van der Waals surface area contributed by atoms with Gasteiger partial charge in [-0.1, -0.05) is 35.9 Å². The van der Waals surface area contributed by atoms with Crippen molar-refractivity contribution in [3.63, 3.8) is 0 Å². The molecule has 5 nitrogen and oxygen atoms in total. The molecule has 3 N–H and O–H groups in total. The van der Waals surface area contributed by atoms with Crippen LogP contribution in [0.15, 0.2) is 47.5 Å². The summed E-state index contributed by atoms with van der Waals surface area (Å²) in [6.07, 6.45) is 0.237. The van der Waals surface area contributed by atoms with Gasteiger partial charge in [0.2, 0.25) is 5.91 Å². The predicted octanol–water partition coefficient (Wildman–Crippen LogP) is 2.86. The van der Waals surface area contributed by atoms with E-state index in [9.17, 15) is 9.18 Å². The summed E-state index contributed by atoms with van der Waals surface area (Å²) in [6, 6.07) is 12.3. The first-order chi connectivity index (χ1) is 13.5.